The maximum atomic E-state index is 8.14. The molecule has 0 amide bonds. The highest BCUT2D eigenvalue weighted by Crippen LogP contribution is 2.09. The molecule has 1 rings (SSSR count). The minimum absolute atomic E-state index is 0.120. The molecule has 0 aromatic heterocycles. The summed E-state index contributed by atoms with van der Waals surface area (Å²) >= 11 is 0. The molecule has 0 heterocycles. The Morgan fingerprint density at radius 3 is 2.64 bits per heavy atom. The standard InChI is InChI=1S/C8H7N3/c9-6-7-10-11-8-4-2-1-3-5-8/h1-5H,7H2. The third kappa shape index (κ3) is 2.59. The Balaban J connectivity index is 2.59. The molecule has 54 valence electrons. The monoisotopic (exact) mass is 145 g/mol. The average Bonchev–Trinajstić information content (AvgIpc) is 2.07. The molecule has 3 nitrogen and oxygen atoms in total. The molecule has 0 aliphatic rings. The predicted molar refractivity (Wildman–Crippen MR) is 41.4 cm³/mol. The van der Waals surface area contributed by atoms with Gasteiger partial charge < -0.3 is 0 Å². The van der Waals surface area contributed by atoms with Crippen LogP contribution in [0.15, 0.2) is 40.6 Å². The van der Waals surface area contributed by atoms with Gasteiger partial charge in [-0.15, -0.1) is 0 Å². The van der Waals surface area contributed by atoms with Crippen LogP contribution in [0.4, 0.5) is 5.69 Å². The van der Waals surface area contributed by atoms with E-state index < -0.39 is 0 Å². The maximum absolute atomic E-state index is 8.14. The van der Waals surface area contributed by atoms with Gasteiger partial charge in [-0.05, 0) is 12.1 Å². The normalized spacial score (nSPS) is 9.73. The van der Waals surface area contributed by atoms with Gasteiger partial charge in [0.15, 0.2) is 0 Å². The molecule has 0 spiro atoms. The van der Waals surface area contributed by atoms with Gasteiger partial charge in [0, 0.05) is 0 Å². The van der Waals surface area contributed by atoms with Crippen LogP contribution in [0.1, 0.15) is 0 Å². The summed E-state index contributed by atoms with van der Waals surface area (Å²) in [5, 5.41) is 15.6. The first kappa shape index (κ1) is 7.42. The fourth-order valence-electron chi connectivity index (χ4n) is 0.643. The van der Waals surface area contributed by atoms with Crippen LogP contribution in [-0.4, -0.2) is 6.54 Å². The zero-order valence-corrected chi connectivity index (χ0v) is 5.94. The van der Waals surface area contributed by atoms with Crippen LogP contribution < -0.4 is 0 Å². The number of hydrogen-bond acceptors (Lipinski definition) is 3. The van der Waals surface area contributed by atoms with Gasteiger partial charge in [0.25, 0.3) is 0 Å². The van der Waals surface area contributed by atoms with Crippen LogP contribution in [0.25, 0.3) is 0 Å². The Hall–Kier alpha value is -1.69. The largest absolute Gasteiger partial charge is 0.196 e. The van der Waals surface area contributed by atoms with E-state index in [1.807, 2.05) is 36.4 Å². The van der Waals surface area contributed by atoms with E-state index in [1.54, 1.807) is 0 Å². The second kappa shape index (κ2) is 4.18. The third-order valence-corrected chi connectivity index (χ3v) is 1.08. The molecule has 11 heavy (non-hydrogen) atoms. The summed E-state index contributed by atoms with van der Waals surface area (Å²) < 4.78 is 0. The fraction of sp³-hybridized carbons (Fsp3) is 0.125. The van der Waals surface area contributed by atoms with Gasteiger partial charge in [-0.25, -0.2) is 0 Å². The van der Waals surface area contributed by atoms with Crippen molar-refractivity contribution in [1.82, 2.24) is 0 Å². The highest BCUT2D eigenvalue weighted by molar-refractivity contribution is 5.34. The number of nitriles is 1. The van der Waals surface area contributed by atoms with E-state index >= 15 is 0 Å². The van der Waals surface area contributed by atoms with Gasteiger partial charge in [-0.1, -0.05) is 18.2 Å². The van der Waals surface area contributed by atoms with Crippen LogP contribution in [0, 0.1) is 11.3 Å². The number of benzene rings is 1. The van der Waals surface area contributed by atoms with Crippen molar-refractivity contribution in [3.05, 3.63) is 30.3 Å². The average molecular weight is 145 g/mol. The summed E-state index contributed by atoms with van der Waals surface area (Å²) in [5.41, 5.74) is 0.780. The fourth-order valence-corrected chi connectivity index (χ4v) is 0.643. The van der Waals surface area contributed by atoms with E-state index in [-0.39, 0.29) is 6.54 Å². The van der Waals surface area contributed by atoms with Crippen molar-refractivity contribution in [1.29, 1.82) is 5.26 Å². The van der Waals surface area contributed by atoms with Crippen molar-refractivity contribution < 1.29 is 0 Å². The van der Waals surface area contributed by atoms with E-state index in [0.29, 0.717) is 0 Å². The molecular weight excluding hydrogens is 138 g/mol. The molecule has 1 aromatic rings. The van der Waals surface area contributed by atoms with Gasteiger partial charge in [0.1, 0.15) is 6.54 Å². The van der Waals surface area contributed by atoms with Crippen molar-refractivity contribution in [2.75, 3.05) is 6.54 Å². The minimum Gasteiger partial charge on any atom is -0.196 e. The van der Waals surface area contributed by atoms with Crippen LogP contribution in [0.2, 0.25) is 0 Å². The van der Waals surface area contributed by atoms with Gasteiger partial charge in [-0.2, -0.15) is 15.5 Å². The lowest BCUT2D eigenvalue weighted by Crippen LogP contribution is -1.66. The molecule has 0 fully saturated rings. The molecule has 0 aliphatic heterocycles. The Morgan fingerprint density at radius 1 is 1.27 bits per heavy atom. The topological polar surface area (TPSA) is 48.5 Å². The minimum atomic E-state index is 0.120. The zero-order chi connectivity index (χ0) is 7.94. The first-order chi connectivity index (χ1) is 5.43. The maximum Gasteiger partial charge on any atom is 0.147 e. The van der Waals surface area contributed by atoms with E-state index in [0.717, 1.165) is 5.69 Å². The predicted octanol–water partition coefficient (Wildman–Crippen LogP) is 2.29. The highest BCUT2D eigenvalue weighted by Gasteiger charge is 1.82. The lowest BCUT2D eigenvalue weighted by atomic mass is 10.3. The van der Waals surface area contributed by atoms with Crippen molar-refractivity contribution in [3.63, 3.8) is 0 Å². The summed E-state index contributed by atoms with van der Waals surface area (Å²) in [5.74, 6) is 0. The Bertz CT molecular complexity index is 271. The van der Waals surface area contributed by atoms with Crippen LogP contribution in [0.3, 0.4) is 0 Å². The molecule has 0 bridgehead atoms. The number of azo groups is 1. The van der Waals surface area contributed by atoms with Gasteiger partial charge in [0.2, 0.25) is 0 Å². The van der Waals surface area contributed by atoms with Crippen molar-refractivity contribution in [2.24, 2.45) is 10.2 Å². The number of nitrogens with zero attached hydrogens (tertiary/aromatic N) is 3. The summed E-state index contributed by atoms with van der Waals surface area (Å²) in [7, 11) is 0. The summed E-state index contributed by atoms with van der Waals surface area (Å²) in [4.78, 5) is 0. The summed E-state index contributed by atoms with van der Waals surface area (Å²) in [6.07, 6.45) is 0. The Morgan fingerprint density at radius 2 is 2.00 bits per heavy atom. The van der Waals surface area contributed by atoms with E-state index in [1.165, 1.54) is 0 Å². The molecule has 0 unspecified atom stereocenters. The molecule has 0 atom stereocenters. The van der Waals surface area contributed by atoms with Crippen LogP contribution in [0.5, 0.6) is 0 Å². The van der Waals surface area contributed by atoms with Gasteiger partial charge in [-0.3, -0.25) is 0 Å². The molecular formula is C8H7N3. The summed E-state index contributed by atoms with van der Waals surface area (Å²) in [6.45, 7) is 0.120. The van der Waals surface area contributed by atoms with E-state index in [4.69, 9.17) is 5.26 Å². The van der Waals surface area contributed by atoms with Crippen molar-refractivity contribution >= 4 is 5.69 Å². The molecule has 0 aliphatic carbocycles. The van der Waals surface area contributed by atoms with Crippen LogP contribution >= 0.6 is 0 Å². The SMILES string of the molecule is N#CCN=Nc1ccccc1. The second-order valence-corrected chi connectivity index (χ2v) is 1.89. The van der Waals surface area contributed by atoms with E-state index in [2.05, 4.69) is 10.2 Å². The lowest BCUT2D eigenvalue weighted by Gasteiger charge is -1.86. The Labute approximate surface area is 65.0 Å². The van der Waals surface area contributed by atoms with Gasteiger partial charge in [0.05, 0.1) is 11.8 Å². The van der Waals surface area contributed by atoms with Crippen molar-refractivity contribution in [3.8, 4) is 6.07 Å². The molecule has 0 radical (unpaired) electrons. The molecule has 0 saturated heterocycles. The number of rotatable bonds is 2. The quantitative estimate of drug-likeness (QED) is 0.465. The van der Waals surface area contributed by atoms with Crippen molar-refractivity contribution in [2.45, 2.75) is 0 Å². The molecule has 0 N–H and O–H groups in total. The lowest BCUT2D eigenvalue weighted by molar-refractivity contribution is 1.08. The van der Waals surface area contributed by atoms with Gasteiger partial charge >= 0.3 is 0 Å². The molecule has 1 aromatic carbocycles. The smallest absolute Gasteiger partial charge is 0.147 e. The summed E-state index contributed by atoms with van der Waals surface area (Å²) in [6, 6.07) is 11.2. The first-order valence-electron chi connectivity index (χ1n) is 3.23. The van der Waals surface area contributed by atoms with E-state index in [9.17, 15) is 0 Å². The molecule has 3 heteroatoms. The first-order valence-corrected chi connectivity index (χ1v) is 3.23. The Kier molecular flexibility index (Phi) is 2.82. The third-order valence-electron chi connectivity index (χ3n) is 1.08. The van der Waals surface area contributed by atoms with Crippen LogP contribution in [-0.2, 0) is 0 Å². The molecule has 0 saturated carbocycles. The zero-order valence-electron chi connectivity index (χ0n) is 5.94. The number of hydrogen-bond donors (Lipinski definition) is 0. The second-order valence-electron chi connectivity index (χ2n) is 1.89. The highest BCUT2D eigenvalue weighted by atomic mass is 15.1.